The van der Waals surface area contributed by atoms with Gasteiger partial charge in [-0.2, -0.15) is 0 Å². The van der Waals surface area contributed by atoms with Crippen molar-refractivity contribution in [3.63, 3.8) is 0 Å². The van der Waals surface area contributed by atoms with Crippen LogP contribution in [0.2, 0.25) is 5.02 Å². The topological polar surface area (TPSA) is 29.5 Å². The lowest BCUT2D eigenvalue weighted by Crippen LogP contribution is -2.26. The second kappa shape index (κ2) is 5.19. The molecule has 1 atom stereocenters. The first-order chi connectivity index (χ1) is 8.49. The third kappa shape index (κ3) is 2.61. The molecule has 1 fully saturated rings. The van der Waals surface area contributed by atoms with Gasteiger partial charge in [-0.1, -0.05) is 18.5 Å². The Labute approximate surface area is 113 Å². The van der Waals surface area contributed by atoms with Gasteiger partial charge in [-0.05, 0) is 38.5 Å². The lowest BCUT2D eigenvalue weighted by Gasteiger charge is -2.18. The molecule has 3 nitrogen and oxygen atoms in total. The summed E-state index contributed by atoms with van der Waals surface area (Å²) in [5.41, 5.74) is 0.852. The maximum absolute atomic E-state index is 11.9. The number of nitrogens with zero attached hydrogens (tertiary/aromatic N) is 1. The van der Waals surface area contributed by atoms with Crippen molar-refractivity contribution >= 4 is 23.2 Å². The van der Waals surface area contributed by atoms with E-state index in [-0.39, 0.29) is 17.9 Å². The Hall–Kier alpha value is -1.22. The minimum Gasteiger partial charge on any atom is -0.489 e. The van der Waals surface area contributed by atoms with Crippen molar-refractivity contribution in [2.24, 2.45) is 5.92 Å². The fourth-order valence-electron chi connectivity index (χ4n) is 2.09. The number of rotatable bonds is 3. The molecule has 1 saturated heterocycles. The van der Waals surface area contributed by atoms with Gasteiger partial charge >= 0.3 is 0 Å². The Morgan fingerprint density at radius 3 is 2.67 bits per heavy atom. The quantitative estimate of drug-likeness (QED) is 0.839. The maximum Gasteiger partial charge on any atom is 0.229 e. The minimum atomic E-state index is 0.0850. The predicted octanol–water partition coefficient (Wildman–Crippen LogP) is 3.50. The molecule has 1 aliphatic heterocycles. The number of anilines is 1. The van der Waals surface area contributed by atoms with Crippen molar-refractivity contribution in [2.75, 3.05) is 11.4 Å². The van der Waals surface area contributed by atoms with Gasteiger partial charge < -0.3 is 9.64 Å². The van der Waals surface area contributed by atoms with E-state index in [4.69, 9.17) is 16.3 Å². The van der Waals surface area contributed by atoms with Crippen LogP contribution in [0.15, 0.2) is 18.2 Å². The number of carbonyl (C=O) groups excluding carboxylic acids is 1. The van der Waals surface area contributed by atoms with Gasteiger partial charge in [0.05, 0.1) is 11.1 Å². The molecule has 1 unspecified atom stereocenters. The Bertz CT molecular complexity index is 459. The minimum absolute atomic E-state index is 0.0850. The van der Waals surface area contributed by atoms with Crippen LogP contribution in [0, 0.1) is 5.92 Å². The number of ether oxygens (including phenoxy) is 1. The highest BCUT2D eigenvalue weighted by Crippen LogP contribution is 2.32. The van der Waals surface area contributed by atoms with Crippen LogP contribution in [0.3, 0.4) is 0 Å². The van der Waals surface area contributed by atoms with E-state index in [0.29, 0.717) is 10.8 Å². The molecule has 1 aliphatic rings. The fraction of sp³-hybridized carbons (Fsp3) is 0.500. The van der Waals surface area contributed by atoms with Crippen LogP contribution in [0.4, 0.5) is 5.69 Å². The molecule has 1 heterocycles. The summed E-state index contributed by atoms with van der Waals surface area (Å²) in [6.07, 6.45) is 0.988. The summed E-state index contributed by atoms with van der Waals surface area (Å²) in [4.78, 5) is 13.7. The van der Waals surface area contributed by atoms with E-state index in [1.54, 1.807) is 11.0 Å². The van der Waals surface area contributed by atoms with E-state index in [1.807, 2.05) is 32.9 Å². The molecule has 0 aliphatic carbocycles. The highest BCUT2D eigenvalue weighted by molar-refractivity contribution is 6.32. The summed E-state index contributed by atoms with van der Waals surface area (Å²) in [6.45, 7) is 6.63. The van der Waals surface area contributed by atoms with E-state index in [2.05, 4.69) is 0 Å². The predicted molar refractivity (Wildman–Crippen MR) is 73.4 cm³/mol. The monoisotopic (exact) mass is 267 g/mol. The standard InChI is InChI=1S/C14H18ClNO2/c1-9(2)18-13-5-4-11(8-12(13)15)16-7-6-10(3)14(16)17/h4-5,8-10H,6-7H2,1-3H3. The van der Waals surface area contributed by atoms with Crippen LogP contribution in [0.5, 0.6) is 5.75 Å². The lowest BCUT2D eigenvalue weighted by atomic mass is 10.1. The molecule has 0 aromatic heterocycles. The molecule has 1 aromatic rings. The van der Waals surface area contributed by atoms with E-state index in [9.17, 15) is 4.79 Å². The summed E-state index contributed by atoms with van der Waals surface area (Å²) in [6, 6.07) is 5.52. The molecule has 98 valence electrons. The van der Waals surface area contributed by atoms with Crippen LogP contribution >= 0.6 is 11.6 Å². The van der Waals surface area contributed by atoms with Crippen LogP contribution < -0.4 is 9.64 Å². The molecule has 0 spiro atoms. The molecular formula is C14H18ClNO2. The van der Waals surface area contributed by atoms with Gasteiger partial charge in [0.1, 0.15) is 5.75 Å². The van der Waals surface area contributed by atoms with Crippen molar-refractivity contribution in [2.45, 2.75) is 33.3 Å². The summed E-state index contributed by atoms with van der Waals surface area (Å²) < 4.78 is 5.58. The zero-order valence-corrected chi connectivity index (χ0v) is 11.7. The molecule has 18 heavy (non-hydrogen) atoms. The van der Waals surface area contributed by atoms with Crippen molar-refractivity contribution < 1.29 is 9.53 Å². The molecular weight excluding hydrogens is 250 g/mol. The first-order valence-corrected chi connectivity index (χ1v) is 6.64. The van der Waals surface area contributed by atoms with E-state index in [0.717, 1.165) is 18.7 Å². The largest absolute Gasteiger partial charge is 0.489 e. The average molecular weight is 268 g/mol. The Morgan fingerprint density at radius 2 is 2.17 bits per heavy atom. The second-order valence-corrected chi connectivity index (χ2v) is 5.37. The molecule has 1 aromatic carbocycles. The maximum atomic E-state index is 11.9. The third-order valence-corrected chi connectivity index (χ3v) is 3.36. The first kappa shape index (κ1) is 13.2. The van der Waals surface area contributed by atoms with Gasteiger partial charge in [-0.25, -0.2) is 0 Å². The zero-order valence-electron chi connectivity index (χ0n) is 10.9. The van der Waals surface area contributed by atoms with Crippen molar-refractivity contribution in [1.29, 1.82) is 0 Å². The van der Waals surface area contributed by atoms with Gasteiger partial charge in [0.2, 0.25) is 5.91 Å². The van der Waals surface area contributed by atoms with Gasteiger partial charge in [-0.3, -0.25) is 4.79 Å². The molecule has 4 heteroatoms. The molecule has 1 amide bonds. The Balaban J connectivity index is 2.21. The number of amides is 1. The highest BCUT2D eigenvalue weighted by atomic mass is 35.5. The van der Waals surface area contributed by atoms with Crippen molar-refractivity contribution in [1.82, 2.24) is 0 Å². The zero-order chi connectivity index (χ0) is 13.3. The normalized spacial score (nSPS) is 19.7. The summed E-state index contributed by atoms with van der Waals surface area (Å²) in [5, 5.41) is 0.550. The van der Waals surface area contributed by atoms with Gasteiger partial charge in [0, 0.05) is 18.2 Å². The third-order valence-electron chi connectivity index (χ3n) is 3.06. The molecule has 0 bridgehead atoms. The number of benzene rings is 1. The van der Waals surface area contributed by atoms with Gasteiger partial charge in [0.15, 0.2) is 0 Å². The number of hydrogen-bond donors (Lipinski definition) is 0. The van der Waals surface area contributed by atoms with E-state index >= 15 is 0 Å². The average Bonchev–Trinajstić information content (AvgIpc) is 2.62. The summed E-state index contributed by atoms with van der Waals surface area (Å²) in [5.74, 6) is 0.939. The van der Waals surface area contributed by atoms with Crippen LogP contribution in [0.25, 0.3) is 0 Å². The first-order valence-electron chi connectivity index (χ1n) is 6.26. The number of carbonyl (C=O) groups is 1. The number of hydrogen-bond acceptors (Lipinski definition) is 2. The molecule has 0 N–H and O–H groups in total. The van der Waals surface area contributed by atoms with Crippen LogP contribution in [0.1, 0.15) is 27.2 Å². The fourth-order valence-corrected chi connectivity index (χ4v) is 2.31. The highest BCUT2D eigenvalue weighted by Gasteiger charge is 2.29. The van der Waals surface area contributed by atoms with Crippen LogP contribution in [-0.2, 0) is 4.79 Å². The Kier molecular flexibility index (Phi) is 3.81. The van der Waals surface area contributed by atoms with Crippen LogP contribution in [-0.4, -0.2) is 18.6 Å². The smallest absolute Gasteiger partial charge is 0.229 e. The van der Waals surface area contributed by atoms with Gasteiger partial charge in [-0.15, -0.1) is 0 Å². The van der Waals surface area contributed by atoms with Crippen molar-refractivity contribution in [3.8, 4) is 5.75 Å². The van der Waals surface area contributed by atoms with E-state index < -0.39 is 0 Å². The summed E-state index contributed by atoms with van der Waals surface area (Å²) in [7, 11) is 0. The van der Waals surface area contributed by atoms with E-state index in [1.165, 1.54) is 0 Å². The SMILES string of the molecule is CC(C)Oc1ccc(N2CCC(C)C2=O)cc1Cl. The lowest BCUT2D eigenvalue weighted by molar-refractivity contribution is -0.119. The van der Waals surface area contributed by atoms with Crippen molar-refractivity contribution in [3.05, 3.63) is 23.2 Å². The second-order valence-electron chi connectivity index (χ2n) is 4.96. The Morgan fingerprint density at radius 1 is 1.44 bits per heavy atom. The van der Waals surface area contributed by atoms with Gasteiger partial charge in [0.25, 0.3) is 0 Å². The molecule has 0 radical (unpaired) electrons. The molecule has 2 rings (SSSR count). The molecule has 0 saturated carbocycles. The number of halogens is 1. The summed E-state index contributed by atoms with van der Waals surface area (Å²) >= 11 is 6.17.